The van der Waals surface area contributed by atoms with Crippen molar-refractivity contribution in [1.29, 1.82) is 0 Å². The van der Waals surface area contributed by atoms with Gasteiger partial charge in [-0.3, -0.25) is 14.2 Å². The molecule has 6 rings (SSSR count). The molecule has 0 spiro atoms. The molecule has 2 aromatic heterocycles. The standard InChI is InChI=1S/C34H29ClN4O2S/c1-20-9-8-12-28(17-20)38-21(2)18-25(23(38)4)19-29-33(41)39-31(24-13-15-26(35)16-14-24)30(22(3)36-34(39)42-29)32(40)37-27-10-6-5-7-11-27/h5-19,31H,1-4H3,(H,37,40)/b29-19+/t31-/m0/s1. The minimum atomic E-state index is -0.663. The Morgan fingerprint density at radius 2 is 1.69 bits per heavy atom. The number of halogens is 1. The monoisotopic (exact) mass is 592 g/mol. The number of benzene rings is 3. The summed E-state index contributed by atoms with van der Waals surface area (Å²) >= 11 is 7.54. The number of nitrogens with one attached hydrogen (secondary N) is 1. The van der Waals surface area contributed by atoms with Crippen molar-refractivity contribution in [3.8, 4) is 5.69 Å². The van der Waals surface area contributed by atoms with Gasteiger partial charge in [-0.25, -0.2) is 4.99 Å². The molecular weight excluding hydrogens is 564 g/mol. The fourth-order valence-corrected chi connectivity index (χ4v) is 6.70. The van der Waals surface area contributed by atoms with E-state index in [4.69, 9.17) is 16.6 Å². The summed E-state index contributed by atoms with van der Waals surface area (Å²) in [6.45, 7) is 8.02. The Morgan fingerprint density at radius 3 is 2.40 bits per heavy atom. The van der Waals surface area contributed by atoms with E-state index in [0.29, 0.717) is 31.3 Å². The molecule has 8 heteroatoms. The highest BCUT2D eigenvalue weighted by Crippen LogP contribution is 2.31. The summed E-state index contributed by atoms with van der Waals surface area (Å²) in [7, 11) is 0. The molecule has 1 aliphatic heterocycles. The van der Waals surface area contributed by atoms with Gasteiger partial charge in [0.25, 0.3) is 11.5 Å². The number of para-hydroxylation sites is 1. The molecular formula is C34H29ClN4O2S. The molecule has 1 N–H and O–H groups in total. The highest BCUT2D eigenvalue weighted by Gasteiger charge is 2.32. The van der Waals surface area contributed by atoms with E-state index in [1.807, 2.05) is 61.5 Å². The van der Waals surface area contributed by atoms with Crippen LogP contribution >= 0.6 is 22.9 Å². The van der Waals surface area contributed by atoms with Crippen LogP contribution in [0.15, 0.2) is 106 Å². The van der Waals surface area contributed by atoms with Crippen molar-refractivity contribution in [3.05, 3.63) is 149 Å². The predicted molar refractivity (Wildman–Crippen MR) is 170 cm³/mol. The number of carbonyl (C=O) groups excluding carboxylic acids is 1. The molecule has 0 saturated heterocycles. The van der Waals surface area contributed by atoms with E-state index in [1.54, 1.807) is 16.7 Å². The van der Waals surface area contributed by atoms with Crippen molar-refractivity contribution in [2.24, 2.45) is 4.99 Å². The molecule has 0 saturated carbocycles. The number of thiazole rings is 1. The Morgan fingerprint density at radius 1 is 0.952 bits per heavy atom. The van der Waals surface area contributed by atoms with E-state index in [-0.39, 0.29) is 11.5 Å². The third kappa shape index (κ3) is 5.06. The van der Waals surface area contributed by atoms with Crippen LogP contribution < -0.4 is 20.2 Å². The summed E-state index contributed by atoms with van der Waals surface area (Å²) in [6, 6.07) is 26.3. The lowest BCUT2D eigenvalue weighted by atomic mass is 9.95. The van der Waals surface area contributed by atoms with Crippen molar-refractivity contribution in [2.75, 3.05) is 5.32 Å². The maximum atomic E-state index is 14.1. The van der Waals surface area contributed by atoms with E-state index in [0.717, 1.165) is 28.2 Å². The number of hydrogen-bond donors (Lipinski definition) is 1. The normalized spacial score (nSPS) is 15.0. The summed E-state index contributed by atoms with van der Waals surface area (Å²) < 4.78 is 4.38. The number of aryl methyl sites for hydroxylation is 2. The van der Waals surface area contributed by atoms with Crippen LogP contribution in [0.1, 0.15) is 41.0 Å². The first-order valence-corrected chi connectivity index (χ1v) is 14.8. The number of anilines is 1. The smallest absolute Gasteiger partial charge is 0.271 e. The first-order chi connectivity index (χ1) is 20.2. The Kier molecular flexibility index (Phi) is 7.31. The first-order valence-electron chi connectivity index (χ1n) is 13.6. The van der Waals surface area contributed by atoms with Crippen LogP contribution in [0.3, 0.4) is 0 Å². The van der Waals surface area contributed by atoms with Gasteiger partial charge in [0.2, 0.25) is 0 Å². The quantitative estimate of drug-likeness (QED) is 0.262. The summed E-state index contributed by atoms with van der Waals surface area (Å²) in [5.74, 6) is -0.307. The van der Waals surface area contributed by atoms with Gasteiger partial charge in [-0.1, -0.05) is 65.4 Å². The van der Waals surface area contributed by atoms with Gasteiger partial charge in [0, 0.05) is 27.8 Å². The van der Waals surface area contributed by atoms with E-state index in [9.17, 15) is 9.59 Å². The lowest BCUT2D eigenvalue weighted by molar-refractivity contribution is -0.113. The minimum Gasteiger partial charge on any atom is -0.322 e. The maximum absolute atomic E-state index is 14.1. The predicted octanol–water partition coefficient (Wildman–Crippen LogP) is 6.24. The van der Waals surface area contributed by atoms with Crippen molar-refractivity contribution in [1.82, 2.24) is 9.13 Å². The number of amides is 1. The van der Waals surface area contributed by atoms with Crippen LogP contribution in [0.25, 0.3) is 11.8 Å². The van der Waals surface area contributed by atoms with Gasteiger partial charge in [0.15, 0.2) is 4.80 Å². The number of nitrogens with zero attached hydrogens (tertiary/aromatic N) is 3. The fourth-order valence-electron chi connectivity index (χ4n) is 5.53. The van der Waals surface area contributed by atoms with Gasteiger partial charge in [-0.15, -0.1) is 0 Å². The molecule has 0 aliphatic carbocycles. The summed E-state index contributed by atoms with van der Waals surface area (Å²) in [5.41, 5.74) is 7.56. The number of allylic oxidation sites excluding steroid dienone is 1. The third-order valence-electron chi connectivity index (χ3n) is 7.50. The minimum absolute atomic E-state index is 0.198. The number of carbonyl (C=O) groups is 1. The van der Waals surface area contributed by atoms with E-state index < -0.39 is 6.04 Å². The molecule has 210 valence electrons. The molecule has 1 atom stereocenters. The van der Waals surface area contributed by atoms with Crippen LogP contribution in [0.4, 0.5) is 5.69 Å². The molecule has 0 bridgehead atoms. The fraction of sp³-hybridized carbons (Fsp3) is 0.147. The van der Waals surface area contributed by atoms with Crippen molar-refractivity contribution in [2.45, 2.75) is 33.7 Å². The van der Waals surface area contributed by atoms with Crippen molar-refractivity contribution in [3.63, 3.8) is 0 Å². The number of fused-ring (bicyclic) bond motifs is 1. The zero-order valence-corrected chi connectivity index (χ0v) is 25.3. The molecule has 3 aromatic carbocycles. The molecule has 0 fully saturated rings. The van der Waals surface area contributed by atoms with Gasteiger partial charge >= 0.3 is 0 Å². The van der Waals surface area contributed by atoms with E-state index in [2.05, 4.69) is 54.9 Å². The molecule has 42 heavy (non-hydrogen) atoms. The van der Waals surface area contributed by atoms with Crippen LogP contribution in [0.2, 0.25) is 5.02 Å². The Bertz CT molecular complexity index is 2050. The lowest BCUT2D eigenvalue weighted by Gasteiger charge is -2.25. The lowest BCUT2D eigenvalue weighted by Crippen LogP contribution is -2.40. The molecule has 5 aromatic rings. The highest BCUT2D eigenvalue weighted by atomic mass is 35.5. The summed E-state index contributed by atoms with van der Waals surface area (Å²) in [4.78, 5) is 33.1. The molecule has 0 radical (unpaired) electrons. The molecule has 1 amide bonds. The van der Waals surface area contributed by atoms with Crippen LogP contribution in [-0.2, 0) is 4.79 Å². The number of aromatic nitrogens is 2. The van der Waals surface area contributed by atoms with E-state index in [1.165, 1.54) is 16.9 Å². The van der Waals surface area contributed by atoms with Crippen molar-refractivity contribution < 1.29 is 4.79 Å². The van der Waals surface area contributed by atoms with Crippen LogP contribution in [-0.4, -0.2) is 15.0 Å². The van der Waals surface area contributed by atoms with Gasteiger partial charge in [0.05, 0.1) is 21.8 Å². The average molecular weight is 593 g/mol. The van der Waals surface area contributed by atoms with Crippen molar-refractivity contribution >= 4 is 40.6 Å². The highest BCUT2D eigenvalue weighted by molar-refractivity contribution is 7.07. The maximum Gasteiger partial charge on any atom is 0.271 e. The zero-order valence-electron chi connectivity index (χ0n) is 23.7. The Hall–Kier alpha value is -4.46. The average Bonchev–Trinajstić information content (AvgIpc) is 3.42. The second-order valence-electron chi connectivity index (χ2n) is 10.5. The zero-order chi connectivity index (χ0) is 29.5. The Labute approximate surface area is 252 Å². The van der Waals surface area contributed by atoms with Crippen LogP contribution in [0.5, 0.6) is 0 Å². The SMILES string of the molecule is CC1=C(C(=O)Nc2ccccc2)[C@H](c2ccc(Cl)cc2)n2c(s/c(=C/c3cc(C)n(-c4cccc(C)c4)c3C)c2=O)=N1. The molecule has 6 nitrogen and oxygen atoms in total. The van der Waals surface area contributed by atoms with Gasteiger partial charge < -0.3 is 9.88 Å². The second-order valence-corrected chi connectivity index (χ2v) is 11.9. The third-order valence-corrected chi connectivity index (χ3v) is 8.74. The Balaban J connectivity index is 1.49. The van der Waals surface area contributed by atoms with Gasteiger partial charge in [-0.05, 0) is 92.9 Å². The summed E-state index contributed by atoms with van der Waals surface area (Å²) in [5, 5.41) is 3.56. The topological polar surface area (TPSA) is 68.4 Å². The number of hydrogen-bond acceptors (Lipinski definition) is 4. The molecule has 1 aliphatic rings. The second kappa shape index (κ2) is 11.1. The molecule has 0 unspecified atom stereocenters. The van der Waals surface area contributed by atoms with Gasteiger partial charge in [0.1, 0.15) is 0 Å². The van der Waals surface area contributed by atoms with Crippen LogP contribution in [0, 0.1) is 20.8 Å². The first kappa shape index (κ1) is 27.7. The summed E-state index contributed by atoms with van der Waals surface area (Å²) in [6.07, 6.45) is 1.93. The van der Waals surface area contributed by atoms with Gasteiger partial charge in [-0.2, -0.15) is 0 Å². The largest absolute Gasteiger partial charge is 0.322 e. The molecule has 3 heterocycles. The van der Waals surface area contributed by atoms with E-state index >= 15 is 0 Å². The number of rotatable bonds is 5.